The van der Waals surface area contributed by atoms with Crippen LogP contribution in [0.4, 0.5) is 0 Å². The van der Waals surface area contributed by atoms with E-state index in [0.717, 1.165) is 5.69 Å². The summed E-state index contributed by atoms with van der Waals surface area (Å²) in [7, 11) is -3.66. The molecule has 3 aromatic rings. The summed E-state index contributed by atoms with van der Waals surface area (Å²) in [6.07, 6.45) is 0. The van der Waals surface area contributed by atoms with Gasteiger partial charge in [-0.2, -0.15) is 4.31 Å². The number of benzene rings is 1. The van der Waals surface area contributed by atoms with Crippen LogP contribution in [0, 0.1) is 20.8 Å². The van der Waals surface area contributed by atoms with Crippen LogP contribution in [0.25, 0.3) is 5.82 Å². The zero-order valence-electron chi connectivity index (χ0n) is 19.1. The Morgan fingerprint density at radius 1 is 1.06 bits per heavy atom. The highest BCUT2D eigenvalue weighted by molar-refractivity contribution is 7.89. The van der Waals surface area contributed by atoms with Crippen molar-refractivity contribution in [1.29, 1.82) is 0 Å². The van der Waals surface area contributed by atoms with E-state index in [0.29, 0.717) is 36.0 Å². The van der Waals surface area contributed by atoms with Gasteiger partial charge in [-0.25, -0.2) is 13.2 Å². The van der Waals surface area contributed by atoms with E-state index in [1.165, 1.54) is 28.6 Å². The van der Waals surface area contributed by atoms with Gasteiger partial charge in [0.25, 0.3) is 0 Å². The van der Waals surface area contributed by atoms with Gasteiger partial charge in [-0.1, -0.05) is 5.16 Å². The Balaban J connectivity index is 1.42. The first-order valence-electron chi connectivity index (χ1n) is 10.7. The summed E-state index contributed by atoms with van der Waals surface area (Å²) in [6, 6.07) is 8.93. The maximum Gasteiger partial charge on any atom is 0.338 e. The van der Waals surface area contributed by atoms with Crippen molar-refractivity contribution >= 4 is 21.8 Å². The molecule has 0 saturated carbocycles. The molecular formula is C23H25N3O7S. The minimum atomic E-state index is -3.66. The molecule has 1 aliphatic rings. The normalized spacial score (nSPS) is 14.8. The molecule has 1 aromatic carbocycles. The molecule has 3 heterocycles. The topological polar surface area (TPSA) is 121 Å². The largest absolute Gasteiger partial charge is 0.454 e. The van der Waals surface area contributed by atoms with E-state index in [-0.39, 0.29) is 29.3 Å². The molecule has 4 rings (SSSR count). The van der Waals surface area contributed by atoms with Crippen molar-refractivity contribution in [3.63, 3.8) is 0 Å². The molecule has 0 radical (unpaired) electrons. The first-order chi connectivity index (χ1) is 16.2. The molecule has 180 valence electrons. The monoisotopic (exact) mass is 487 g/mol. The van der Waals surface area contributed by atoms with E-state index in [1.54, 1.807) is 30.5 Å². The van der Waals surface area contributed by atoms with E-state index in [1.807, 2.05) is 6.92 Å². The molecule has 0 amide bonds. The molecule has 0 aliphatic carbocycles. The van der Waals surface area contributed by atoms with E-state index in [2.05, 4.69) is 5.16 Å². The fourth-order valence-corrected chi connectivity index (χ4v) is 5.26. The summed E-state index contributed by atoms with van der Waals surface area (Å²) < 4.78 is 44.0. The number of ether oxygens (including phenoxy) is 2. The summed E-state index contributed by atoms with van der Waals surface area (Å²) in [4.78, 5) is 25.3. The van der Waals surface area contributed by atoms with Crippen molar-refractivity contribution in [2.75, 3.05) is 32.9 Å². The van der Waals surface area contributed by atoms with E-state index < -0.39 is 22.6 Å². The van der Waals surface area contributed by atoms with Crippen molar-refractivity contribution < 1.29 is 32.0 Å². The van der Waals surface area contributed by atoms with Gasteiger partial charge in [0.05, 0.1) is 23.7 Å². The van der Waals surface area contributed by atoms with Gasteiger partial charge < -0.3 is 14.0 Å². The molecule has 34 heavy (non-hydrogen) atoms. The number of carbonyl (C=O) groups is 2. The Morgan fingerprint density at radius 3 is 2.35 bits per heavy atom. The number of rotatable bonds is 7. The lowest BCUT2D eigenvalue weighted by Gasteiger charge is -2.26. The zero-order valence-corrected chi connectivity index (χ0v) is 19.9. The Kier molecular flexibility index (Phi) is 6.69. The SMILES string of the molecule is Cc1cc(-n2c(C)cc(C(=O)COC(=O)c3ccc(S(=O)(=O)N4CCOCC4)cc3)c2C)no1. The van der Waals surface area contributed by atoms with Crippen LogP contribution in [-0.2, 0) is 19.5 Å². The van der Waals surface area contributed by atoms with Crippen LogP contribution in [0.15, 0.2) is 45.8 Å². The van der Waals surface area contributed by atoms with Gasteiger partial charge in [0.1, 0.15) is 5.76 Å². The lowest BCUT2D eigenvalue weighted by atomic mass is 10.1. The number of aryl methyl sites for hydroxylation is 2. The van der Waals surface area contributed by atoms with Crippen LogP contribution in [0.2, 0.25) is 0 Å². The summed E-state index contributed by atoms with van der Waals surface area (Å²) in [6.45, 7) is 6.20. The standard InChI is InChI=1S/C23H25N3O7S/c1-15-12-20(17(3)26(15)22-13-16(2)33-24-22)21(27)14-32-23(28)18-4-6-19(7-5-18)34(29,30)25-8-10-31-11-9-25/h4-7,12-13H,8-11,14H2,1-3H3. The summed E-state index contributed by atoms with van der Waals surface area (Å²) in [5.74, 6) is 0.132. The molecule has 1 fully saturated rings. The third-order valence-electron chi connectivity index (χ3n) is 5.61. The summed E-state index contributed by atoms with van der Waals surface area (Å²) in [5.41, 5.74) is 2.01. The Hall–Kier alpha value is -3.28. The quantitative estimate of drug-likeness (QED) is 0.368. The van der Waals surface area contributed by atoms with E-state index in [9.17, 15) is 18.0 Å². The van der Waals surface area contributed by atoms with Gasteiger partial charge in [0.2, 0.25) is 15.8 Å². The maximum atomic E-state index is 12.7. The second-order valence-electron chi connectivity index (χ2n) is 7.96. The third kappa shape index (κ3) is 4.67. The van der Waals surface area contributed by atoms with Gasteiger partial charge in [0.15, 0.2) is 12.4 Å². The van der Waals surface area contributed by atoms with Crippen molar-refractivity contribution in [2.45, 2.75) is 25.7 Å². The van der Waals surface area contributed by atoms with Gasteiger partial charge >= 0.3 is 5.97 Å². The number of carbonyl (C=O) groups excluding carboxylic acids is 2. The third-order valence-corrected chi connectivity index (χ3v) is 7.52. The van der Waals surface area contributed by atoms with Crippen molar-refractivity contribution in [3.05, 3.63) is 64.7 Å². The fraction of sp³-hybridized carbons (Fsp3) is 0.348. The number of Topliss-reactive ketones (excluding diaryl/α,β-unsaturated/α-hetero) is 1. The van der Waals surface area contributed by atoms with E-state index in [4.69, 9.17) is 14.0 Å². The summed E-state index contributed by atoms with van der Waals surface area (Å²) >= 11 is 0. The highest BCUT2D eigenvalue weighted by atomic mass is 32.2. The second kappa shape index (κ2) is 9.53. The number of nitrogens with zero attached hydrogens (tertiary/aromatic N) is 3. The van der Waals surface area contributed by atoms with Crippen molar-refractivity contribution in [2.24, 2.45) is 0 Å². The lowest BCUT2D eigenvalue weighted by Crippen LogP contribution is -2.40. The number of hydrogen-bond donors (Lipinski definition) is 0. The number of esters is 1. The molecule has 11 heteroatoms. The van der Waals surface area contributed by atoms with Gasteiger partial charge in [-0.05, 0) is 51.1 Å². The Bertz CT molecular complexity index is 1320. The Morgan fingerprint density at radius 2 is 1.74 bits per heavy atom. The minimum Gasteiger partial charge on any atom is -0.454 e. The average molecular weight is 488 g/mol. The van der Waals surface area contributed by atoms with Gasteiger partial charge in [-0.15, -0.1) is 0 Å². The zero-order chi connectivity index (χ0) is 24.5. The second-order valence-corrected chi connectivity index (χ2v) is 9.89. The molecular weight excluding hydrogens is 462 g/mol. The van der Waals surface area contributed by atoms with Crippen LogP contribution in [0.5, 0.6) is 0 Å². The first kappa shape index (κ1) is 23.9. The molecule has 0 unspecified atom stereocenters. The number of ketones is 1. The first-order valence-corrected chi connectivity index (χ1v) is 12.1. The van der Waals surface area contributed by atoms with Crippen LogP contribution in [-0.4, -0.2) is 67.1 Å². The van der Waals surface area contributed by atoms with Gasteiger partial charge in [-0.3, -0.25) is 9.36 Å². The van der Waals surface area contributed by atoms with Crippen molar-refractivity contribution in [1.82, 2.24) is 14.0 Å². The van der Waals surface area contributed by atoms with Crippen molar-refractivity contribution in [3.8, 4) is 5.82 Å². The van der Waals surface area contributed by atoms with Crippen LogP contribution in [0.3, 0.4) is 0 Å². The molecule has 0 atom stereocenters. The number of morpholine rings is 1. The average Bonchev–Trinajstić information content (AvgIpc) is 3.39. The molecule has 2 aromatic heterocycles. The smallest absolute Gasteiger partial charge is 0.338 e. The molecule has 1 aliphatic heterocycles. The van der Waals surface area contributed by atoms with Gasteiger partial charge in [0, 0.05) is 36.1 Å². The Labute approximate surface area is 197 Å². The highest BCUT2D eigenvalue weighted by Crippen LogP contribution is 2.22. The van der Waals surface area contributed by atoms with E-state index >= 15 is 0 Å². The van der Waals surface area contributed by atoms with Crippen LogP contribution in [0.1, 0.15) is 37.9 Å². The molecule has 1 saturated heterocycles. The maximum absolute atomic E-state index is 12.7. The predicted octanol–water partition coefficient (Wildman–Crippen LogP) is 2.45. The van der Waals surface area contributed by atoms with Crippen LogP contribution >= 0.6 is 0 Å². The highest BCUT2D eigenvalue weighted by Gasteiger charge is 2.26. The molecule has 0 N–H and O–H groups in total. The number of hydrogen-bond acceptors (Lipinski definition) is 8. The summed E-state index contributed by atoms with van der Waals surface area (Å²) in [5, 5.41) is 3.99. The lowest BCUT2D eigenvalue weighted by molar-refractivity contribution is 0.0474. The minimum absolute atomic E-state index is 0.0811. The fourth-order valence-electron chi connectivity index (χ4n) is 3.85. The molecule has 0 spiro atoms. The number of sulfonamides is 1. The predicted molar refractivity (Wildman–Crippen MR) is 121 cm³/mol. The van der Waals surface area contributed by atoms with Crippen LogP contribution < -0.4 is 0 Å². The molecule has 0 bridgehead atoms. The number of aromatic nitrogens is 2. The molecule has 10 nitrogen and oxygen atoms in total.